The van der Waals surface area contributed by atoms with E-state index in [-0.39, 0.29) is 5.91 Å². The molecular formula is C21H24N4O4. The van der Waals surface area contributed by atoms with E-state index in [1.54, 1.807) is 39.3 Å². The number of anilines is 2. The average Bonchev–Trinajstić information content (AvgIpc) is 3.10. The number of piperidine rings is 1. The van der Waals surface area contributed by atoms with Crippen LogP contribution < -0.4 is 19.7 Å². The molecule has 3 heterocycles. The van der Waals surface area contributed by atoms with Gasteiger partial charge in [0, 0.05) is 19.2 Å². The third-order valence-corrected chi connectivity index (χ3v) is 5.18. The first kappa shape index (κ1) is 19.0. The first-order valence-corrected chi connectivity index (χ1v) is 9.64. The molecule has 1 aliphatic heterocycles. The second-order valence-corrected chi connectivity index (χ2v) is 6.98. The van der Waals surface area contributed by atoms with Crippen LogP contribution in [0.2, 0.25) is 0 Å². The van der Waals surface area contributed by atoms with Crippen LogP contribution in [0.4, 0.5) is 11.5 Å². The molecule has 8 heteroatoms. The van der Waals surface area contributed by atoms with Gasteiger partial charge in [-0.1, -0.05) is 0 Å². The molecule has 29 heavy (non-hydrogen) atoms. The van der Waals surface area contributed by atoms with Crippen molar-refractivity contribution < 1.29 is 18.7 Å². The van der Waals surface area contributed by atoms with E-state index >= 15 is 0 Å². The van der Waals surface area contributed by atoms with Gasteiger partial charge in [-0.25, -0.2) is 9.97 Å². The number of benzene rings is 1. The number of nitrogens with one attached hydrogen (secondary N) is 1. The third-order valence-electron chi connectivity index (χ3n) is 5.18. The normalized spacial score (nSPS) is 14.1. The van der Waals surface area contributed by atoms with Crippen LogP contribution in [0.5, 0.6) is 11.5 Å². The summed E-state index contributed by atoms with van der Waals surface area (Å²) in [5.41, 5.74) is 1.41. The molecule has 0 unspecified atom stereocenters. The van der Waals surface area contributed by atoms with Gasteiger partial charge >= 0.3 is 0 Å². The molecule has 1 aromatic carbocycles. The predicted octanol–water partition coefficient (Wildman–Crippen LogP) is 3.79. The number of aromatic nitrogens is 2. The van der Waals surface area contributed by atoms with Gasteiger partial charge in [-0.2, -0.15) is 0 Å². The van der Waals surface area contributed by atoms with Crippen LogP contribution in [0.15, 0.2) is 28.9 Å². The lowest BCUT2D eigenvalue weighted by Crippen LogP contribution is -2.30. The zero-order chi connectivity index (χ0) is 20.4. The van der Waals surface area contributed by atoms with Gasteiger partial charge < -0.3 is 24.1 Å². The largest absolute Gasteiger partial charge is 0.497 e. The molecule has 0 radical (unpaired) electrons. The molecule has 0 saturated carbocycles. The predicted molar refractivity (Wildman–Crippen MR) is 110 cm³/mol. The minimum atomic E-state index is -0.294. The van der Waals surface area contributed by atoms with Crippen LogP contribution in [-0.2, 0) is 0 Å². The number of furan rings is 1. The third kappa shape index (κ3) is 3.57. The molecule has 1 N–H and O–H groups in total. The lowest BCUT2D eigenvalue weighted by molar-refractivity contribution is 0.102. The quantitative estimate of drug-likeness (QED) is 0.702. The standard InChI is InChI=1S/C21H24N4O4/c1-13-17(20(26)24-15-8-7-14(27-2)11-16(15)28-3)18-19(22-12-23-21(18)29-13)25-9-5-4-6-10-25/h7-8,11-12H,4-6,9-10H2,1-3H3,(H,24,26). The summed E-state index contributed by atoms with van der Waals surface area (Å²) < 4.78 is 16.4. The van der Waals surface area contributed by atoms with E-state index in [4.69, 9.17) is 13.9 Å². The highest BCUT2D eigenvalue weighted by Crippen LogP contribution is 2.34. The van der Waals surface area contributed by atoms with E-state index < -0.39 is 0 Å². The molecule has 1 saturated heterocycles. The van der Waals surface area contributed by atoms with E-state index in [1.165, 1.54) is 12.7 Å². The van der Waals surface area contributed by atoms with Crippen LogP contribution >= 0.6 is 0 Å². The number of hydrogen-bond donors (Lipinski definition) is 1. The molecule has 2 aromatic heterocycles. The minimum absolute atomic E-state index is 0.294. The summed E-state index contributed by atoms with van der Waals surface area (Å²) in [6.45, 7) is 3.58. The summed E-state index contributed by atoms with van der Waals surface area (Å²) in [6, 6.07) is 5.23. The Kier molecular flexibility index (Phi) is 5.24. The van der Waals surface area contributed by atoms with Crippen molar-refractivity contribution in [3.8, 4) is 11.5 Å². The molecule has 1 fully saturated rings. The average molecular weight is 396 g/mol. The molecule has 0 bridgehead atoms. The zero-order valence-electron chi connectivity index (χ0n) is 16.8. The summed E-state index contributed by atoms with van der Waals surface area (Å²) in [5.74, 6) is 2.11. The van der Waals surface area contributed by atoms with Gasteiger partial charge in [-0.3, -0.25) is 4.79 Å². The number of hydrogen-bond acceptors (Lipinski definition) is 7. The lowest BCUT2D eigenvalue weighted by atomic mass is 10.1. The van der Waals surface area contributed by atoms with E-state index in [0.29, 0.717) is 39.6 Å². The van der Waals surface area contributed by atoms with Crippen LogP contribution in [0.3, 0.4) is 0 Å². The van der Waals surface area contributed by atoms with Gasteiger partial charge in [0.25, 0.3) is 5.91 Å². The highest BCUT2D eigenvalue weighted by molar-refractivity contribution is 6.15. The highest BCUT2D eigenvalue weighted by atomic mass is 16.5. The second-order valence-electron chi connectivity index (χ2n) is 6.98. The maximum absolute atomic E-state index is 13.2. The zero-order valence-corrected chi connectivity index (χ0v) is 16.8. The Labute approximate surface area is 168 Å². The molecule has 1 amide bonds. The number of aryl methyl sites for hydroxylation is 1. The summed E-state index contributed by atoms with van der Waals surface area (Å²) in [6.07, 6.45) is 4.91. The fourth-order valence-corrected chi connectivity index (χ4v) is 3.73. The smallest absolute Gasteiger partial charge is 0.260 e. The summed E-state index contributed by atoms with van der Waals surface area (Å²) in [5, 5.41) is 3.57. The fraction of sp³-hybridized carbons (Fsp3) is 0.381. The number of amides is 1. The van der Waals surface area contributed by atoms with Gasteiger partial charge in [-0.15, -0.1) is 0 Å². The van der Waals surface area contributed by atoms with Gasteiger partial charge in [-0.05, 0) is 38.3 Å². The van der Waals surface area contributed by atoms with E-state index in [1.807, 2.05) is 0 Å². The maximum atomic E-state index is 13.2. The maximum Gasteiger partial charge on any atom is 0.260 e. The number of methoxy groups -OCH3 is 2. The topological polar surface area (TPSA) is 89.7 Å². The molecule has 1 aliphatic rings. The Hall–Kier alpha value is -3.29. The van der Waals surface area contributed by atoms with Gasteiger partial charge in [0.1, 0.15) is 29.4 Å². The summed E-state index contributed by atoms with van der Waals surface area (Å²) in [7, 11) is 3.13. The number of ether oxygens (including phenoxy) is 2. The molecule has 3 aromatic rings. The first-order chi connectivity index (χ1) is 14.1. The number of nitrogens with zero attached hydrogens (tertiary/aromatic N) is 3. The van der Waals surface area contributed by atoms with Crippen molar-refractivity contribution in [1.29, 1.82) is 0 Å². The fourth-order valence-electron chi connectivity index (χ4n) is 3.73. The van der Waals surface area contributed by atoms with Crippen molar-refractivity contribution in [1.82, 2.24) is 9.97 Å². The van der Waals surface area contributed by atoms with E-state index in [9.17, 15) is 4.79 Å². The number of carbonyl (C=O) groups is 1. The molecule has 0 aliphatic carbocycles. The Morgan fingerprint density at radius 1 is 1.14 bits per heavy atom. The van der Waals surface area contributed by atoms with E-state index in [0.717, 1.165) is 31.7 Å². The second kappa shape index (κ2) is 7.98. The van der Waals surface area contributed by atoms with Crippen molar-refractivity contribution in [2.75, 3.05) is 37.5 Å². The molecular weight excluding hydrogens is 372 g/mol. The molecule has 0 spiro atoms. The molecule has 152 valence electrons. The van der Waals surface area contributed by atoms with Crippen molar-refractivity contribution in [2.24, 2.45) is 0 Å². The van der Waals surface area contributed by atoms with Crippen LogP contribution in [-0.4, -0.2) is 43.2 Å². The van der Waals surface area contributed by atoms with Gasteiger partial charge in [0.05, 0.1) is 30.9 Å². The molecule has 0 atom stereocenters. The molecule has 4 rings (SSSR count). The van der Waals surface area contributed by atoms with Crippen LogP contribution in [0, 0.1) is 6.92 Å². The Morgan fingerprint density at radius 2 is 1.93 bits per heavy atom. The highest BCUT2D eigenvalue weighted by Gasteiger charge is 2.26. The van der Waals surface area contributed by atoms with Crippen molar-refractivity contribution in [2.45, 2.75) is 26.2 Å². The lowest BCUT2D eigenvalue weighted by Gasteiger charge is -2.28. The number of fused-ring (bicyclic) bond motifs is 1. The van der Waals surface area contributed by atoms with Crippen molar-refractivity contribution in [3.63, 3.8) is 0 Å². The molecule has 8 nitrogen and oxygen atoms in total. The Morgan fingerprint density at radius 3 is 2.66 bits per heavy atom. The number of carbonyl (C=O) groups excluding carboxylic acids is 1. The van der Waals surface area contributed by atoms with Gasteiger partial charge in [0.2, 0.25) is 5.71 Å². The summed E-state index contributed by atoms with van der Waals surface area (Å²) in [4.78, 5) is 24.2. The van der Waals surface area contributed by atoms with Crippen molar-refractivity contribution >= 4 is 28.5 Å². The van der Waals surface area contributed by atoms with Crippen LogP contribution in [0.1, 0.15) is 35.4 Å². The first-order valence-electron chi connectivity index (χ1n) is 9.64. The SMILES string of the molecule is COc1ccc(NC(=O)c2c(C)oc3ncnc(N4CCCCC4)c23)c(OC)c1. The Bertz CT molecular complexity index is 1040. The van der Waals surface area contributed by atoms with Crippen LogP contribution in [0.25, 0.3) is 11.1 Å². The minimum Gasteiger partial charge on any atom is -0.497 e. The van der Waals surface area contributed by atoms with Crippen molar-refractivity contribution in [3.05, 3.63) is 35.9 Å². The van der Waals surface area contributed by atoms with Gasteiger partial charge in [0.15, 0.2) is 0 Å². The Balaban J connectivity index is 1.74. The monoisotopic (exact) mass is 396 g/mol. The van der Waals surface area contributed by atoms with E-state index in [2.05, 4.69) is 20.2 Å². The summed E-state index contributed by atoms with van der Waals surface area (Å²) >= 11 is 0. The number of rotatable bonds is 5.